The molecule has 0 bridgehead atoms. The zero-order valence-electron chi connectivity index (χ0n) is 13.7. The number of fused-ring (bicyclic) bond motifs is 1. The van der Waals surface area contributed by atoms with Crippen LogP contribution in [0.5, 0.6) is 0 Å². The predicted molar refractivity (Wildman–Crippen MR) is 87.8 cm³/mol. The largest absolute Gasteiger partial charge is 0.393 e. The van der Waals surface area contributed by atoms with Gasteiger partial charge in [-0.25, -0.2) is 9.78 Å². The van der Waals surface area contributed by atoms with E-state index in [0.717, 1.165) is 25.7 Å². The van der Waals surface area contributed by atoms with Crippen LogP contribution in [-0.4, -0.2) is 30.3 Å². The van der Waals surface area contributed by atoms with Crippen LogP contribution in [0, 0.1) is 0 Å². The minimum atomic E-state index is -0.303. The minimum absolute atomic E-state index is 0.126. The molecule has 3 rings (SSSR count). The molecular formula is C16H24N4O3. The van der Waals surface area contributed by atoms with Gasteiger partial charge < -0.3 is 10.1 Å². The van der Waals surface area contributed by atoms with Crippen LogP contribution >= 0.6 is 0 Å². The highest BCUT2D eigenvalue weighted by Crippen LogP contribution is 2.33. The van der Waals surface area contributed by atoms with Crippen molar-refractivity contribution in [2.24, 2.45) is 0 Å². The molecular weight excluding hydrogens is 296 g/mol. The maximum Gasteiger partial charge on any atom is 0.332 e. The summed E-state index contributed by atoms with van der Waals surface area (Å²) in [5, 5.41) is 9.72. The van der Waals surface area contributed by atoms with Gasteiger partial charge in [-0.2, -0.15) is 0 Å². The van der Waals surface area contributed by atoms with E-state index in [0.29, 0.717) is 36.5 Å². The van der Waals surface area contributed by atoms with Crippen molar-refractivity contribution in [2.75, 3.05) is 0 Å². The number of hydrogen-bond donors (Lipinski definition) is 2. The van der Waals surface area contributed by atoms with Crippen LogP contribution in [0.15, 0.2) is 9.59 Å². The average Bonchev–Trinajstić information content (AvgIpc) is 3.14. The Morgan fingerprint density at radius 2 is 1.87 bits per heavy atom. The van der Waals surface area contributed by atoms with E-state index in [-0.39, 0.29) is 23.3 Å². The molecule has 0 aromatic carbocycles. The van der Waals surface area contributed by atoms with Gasteiger partial charge in [0.2, 0.25) is 0 Å². The molecule has 126 valence electrons. The normalized spacial score (nSPS) is 21.3. The number of aryl methyl sites for hydroxylation is 1. The second-order valence-electron chi connectivity index (χ2n) is 6.38. The van der Waals surface area contributed by atoms with Gasteiger partial charge in [0.1, 0.15) is 11.3 Å². The monoisotopic (exact) mass is 320 g/mol. The molecule has 2 N–H and O–H groups in total. The Balaban J connectivity index is 2.19. The number of aromatic amines is 1. The molecule has 2 aromatic rings. The first-order valence-electron chi connectivity index (χ1n) is 8.48. The summed E-state index contributed by atoms with van der Waals surface area (Å²) in [6, 6.07) is 0. The summed E-state index contributed by atoms with van der Waals surface area (Å²) in [5.74, 6) is 0.841. The molecule has 0 radical (unpaired) electrons. The van der Waals surface area contributed by atoms with E-state index in [1.54, 1.807) is 4.57 Å². The van der Waals surface area contributed by atoms with Gasteiger partial charge in [-0.3, -0.25) is 13.9 Å². The summed E-state index contributed by atoms with van der Waals surface area (Å²) in [5.41, 5.74) is 0.278. The lowest BCUT2D eigenvalue weighted by molar-refractivity contribution is 0.181. The van der Waals surface area contributed by atoms with E-state index in [9.17, 15) is 14.7 Å². The molecule has 7 heteroatoms. The second kappa shape index (κ2) is 6.31. The number of rotatable bonds is 5. The summed E-state index contributed by atoms with van der Waals surface area (Å²) in [6.07, 6.45) is 3.47. The van der Waals surface area contributed by atoms with Gasteiger partial charge in [0.25, 0.3) is 5.56 Å². The van der Waals surface area contributed by atoms with Gasteiger partial charge in [-0.1, -0.05) is 13.8 Å². The van der Waals surface area contributed by atoms with Crippen molar-refractivity contribution in [1.29, 1.82) is 0 Å². The number of nitrogens with one attached hydrogen (secondary N) is 1. The highest BCUT2D eigenvalue weighted by molar-refractivity contribution is 5.70. The fourth-order valence-electron chi connectivity index (χ4n) is 3.43. The summed E-state index contributed by atoms with van der Waals surface area (Å²) >= 11 is 0. The van der Waals surface area contributed by atoms with Crippen LogP contribution in [0.25, 0.3) is 11.2 Å². The molecule has 0 spiro atoms. The number of aliphatic hydroxyl groups is 1. The van der Waals surface area contributed by atoms with Crippen molar-refractivity contribution in [2.45, 2.75) is 71.1 Å². The molecule has 7 nitrogen and oxygen atoms in total. The molecule has 2 atom stereocenters. The van der Waals surface area contributed by atoms with Crippen molar-refractivity contribution in [3.8, 4) is 0 Å². The highest BCUT2D eigenvalue weighted by Gasteiger charge is 2.28. The van der Waals surface area contributed by atoms with Crippen LogP contribution < -0.4 is 11.2 Å². The van der Waals surface area contributed by atoms with E-state index in [1.807, 2.05) is 13.8 Å². The third-order valence-corrected chi connectivity index (χ3v) is 4.57. The lowest BCUT2D eigenvalue weighted by Crippen LogP contribution is -2.40. The van der Waals surface area contributed by atoms with Crippen LogP contribution in [-0.2, 0) is 13.1 Å². The SMILES string of the molecule is CCCn1c(=O)c2[nH]c(C3CCC(O)C3)nc2n(CCC)c1=O. The number of aliphatic hydroxyl groups excluding tert-OH is 1. The molecule has 0 saturated heterocycles. The maximum absolute atomic E-state index is 12.6. The molecule has 1 fully saturated rings. The third kappa shape index (κ3) is 2.73. The zero-order chi connectivity index (χ0) is 16.6. The first kappa shape index (κ1) is 16.0. The van der Waals surface area contributed by atoms with Crippen molar-refractivity contribution >= 4 is 11.2 Å². The molecule has 2 unspecified atom stereocenters. The van der Waals surface area contributed by atoms with Crippen molar-refractivity contribution < 1.29 is 5.11 Å². The Morgan fingerprint density at radius 1 is 1.17 bits per heavy atom. The number of aromatic nitrogens is 4. The third-order valence-electron chi connectivity index (χ3n) is 4.57. The number of H-pyrrole nitrogens is 1. The fourth-order valence-corrected chi connectivity index (χ4v) is 3.43. The van der Waals surface area contributed by atoms with E-state index in [1.165, 1.54) is 4.57 Å². The summed E-state index contributed by atoms with van der Waals surface area (Å²) < 4.78 is 2.89. The first-order valence-corrected chi connectivity index (χ1v) is 8.48. The molecule has 2 aromatic heterocycles. The summed E-state index contributed by atoms with van der Waals surface area (Å²) in [6.45, 7) is 4.89. The standard InChI is InChI=1S/C16H24N4O3/c1-3-7-19-14-12(15(22)20(8-4-2)16(19)23)17-13(18-14)10-5-6-11(21)9-10/h10-11,21H,3-9H2,1-2H3,(H,17,18). The fraction of sp³-hybridized carbons (Fsp3) is 0.688. The van der Waals surface area contributed by atoms with Gasteiger partial charge in [-0.05, 0) is 32.1 Å². The van der Waals surface area contributed by atoms with Crippen LogP contribution in [0.3, 0.4) is 0 Å². The smallest absolute Gasteiger partial charge is 0.332 e. The number of hydrogen-bond acceptors (Lipinski definition) is 4. The van der Waals surface area contributed by atoms with Crippen molar-refractivity contribution in [1.82, 2.24) is 19.1 Å². The van der Waals surface area contributed by atoms with Gasteiger partial charge in [0, 0.05) is 19.0 Å². The van der Waals surface area contributed by atoms with Crippen molar-refractivity contribution in [3.63, 3.8) is 0 Å². The first-order chi connectivity index (χ1) is 11.1. The lowest BCUT2D eigenvalue weighted by atomic mass is 10.1. The molecule has 23 heavy (non-hydrogen) atoms. The topological polar surface area (TPSA) is 92.9 Å². The Labute approximate surface area is 134 Å². The molecule has 0 amide bonds. The van der Waals surface area contributed by atoms with Crippen LogP contribution in [0.1, 0.15) is 57.7 Å². The summed E-state index contributed by atoms with van der Waals surface area (Å²) in [7, 11) is 0. The van der Waals surface area contributed by atoms with Gasteiger partial charge >= 0.3 is 5.69 Å². The molecule has 2 heterocycles. The van der Waals surface area contributed by atoms with E-state index in [2.05, 4.69) is 9.97 Å². The Morgan fingerprint density at radius 3 is 2.48 bits per heavy atom. The van der Waals surface area contributed by atoms with E-state index in [4.69, 9.17) is 0 Å². The maximum atomic E-state index is 12.6. The lowest BCUT2D eigenvalue weighted by Gasteiger charge is -2.09. The minimum Gasteiger partial charge on any atom is -0.393 e. The molecule has 1 saturated carbocycles. The van der Waals surface area contributed by atoms with Gasteiger partial charge in [0.15, 0.2) is 5.65 Å². The second-order valence-corrected chi connectivity index (χ2v) is 6.38. The molecule has 1 aliphatic rings. The zero-order valence-corrected chi connectivity index (χ0v) is 13.7. The van der Waals surface area contributed by atoms with Crippen molar-refractivity contribution in [3.05, 3.63) is 26.7 Å². The quantitative estimate of drug-likeness (QED) is 0.869. The Bertz CT molecular complexity index is 817. The number of imidazole rings is 1. The summed E-state index contributed by atoms with van der Waals surface area (Å²) in [4.78, 5) is 32.9. The Kier molecular flexibility index (Phi) is 4.39. The molecule has 0 aliphatic heterocycles. The van der Waals surface area contributed by atoms with E-state index >= 15 is 0 Å². The van der Waals surface area contributed by atoms with Gasteiger partial charge in [0.05, 0.1) is 6.10 Å². The van der Waals surface area contributed by atoms with Crippen LogP contribution in [0.4, 0.5) is 0 Å². The molecule has 1 aliphatic carbocycles. The van der Waals surface area contributed by atoms with Crippen LogP contribution in [0.2, 0.25) is 0 Å². The number of nitrogens with zero attached hydrogens (tertiary/aromatic N) is 3. The van der Waals surface area contributed by atoms with Gasteiger partial charge in [-0.15, -0.1) is 0 Å². The van der Waals surface area contributed by atoms with E-state index < -0.39 is 0 Å². The highest BCUT2D eigenvalue weighted by atomic mass is 16.3. The predicted octanol–water partition coefficient (Wildman–Crippen LogP) is 1.33. The average molecular weight is 320 g/mol. The Hall–Kier alpha value is -1.89.